The monoisotopic (exact) mass is 603 g/mol. The summed E-state index contributed by atoms with van der Waals surface area (Å²) in [5, 5.41) is 20.2. The van der Waals surface area contributed by atoms with E-state index in [4.69, 9.17) is 15.1 Å². The summed E-state index contributed by atoms with van der Waals surface area (Å²) >= 11 is 3.50. The highest BCUT2D eigenvalue weighted by atomic mass is 79.9. The molecule has 7 rings (SSSR count). The molecule has 0 saturated carbocycles. The highest BCUT2D eigenvalue weighted by Crippen LogP contribution is 2.48. The van der Waals surface area contributed by atoms with E-state index in [-0.39, 0.29) is 10.6 Å². The fourth-order valence-electron chi connectivity index (χ4n) is 5.34. The number of benzene rings is 4. The van der Waals surface area contributed by atoms with Crippen LogP contribution in [0.3, 0.4) is 0 Å². The summed E-state index contributed by atoms with van der Waals surface area (Å²) in [5.41, 5.74) is 5.75. The average Bonchev–Trinajstić information content (AvgIpc) is 3.33. The lowest BCUT2D eigenvalue weighted by atomic mass is 9.93. The van der Waals surface area contributed by atoms with Crippen molar-refractivity contribution in [3.63, 3.8) is 0 Å². The zero-order chi connectivity index (χ0) is 28.1. The molecule has 9 nitrogen and oxygen atoms in total. The van der Waals surface area contributed by atoms with Gasteiger partial charge in [0.05, 0.1) is 33.7 Å². The van der Waals surface area contributed by atoms with Crippen molar-refractivity contribution in [2.75, 3.05) is 10.2 Å². The van der Waals surface area contributed by atoms with Crippen LogP contribution in [0, 0.1) is 17.0 Å². The molecule has 1 aromatic heterocycles. The van der Waals surface area contributed by atoms with E-state index in [1.54, 1.807) is 12.1 Å². The zero-order valence-corrected chi connectivity index (χ0v) is 23.4. The van der Waals surface area contributed by atoms with Crippen LogP contribution in [0.1, 0.15) is 22.9 Å². The molecule has 2 aliphatic rings. The van der Waals surface area contributed by atoms with Crippen molar-refractivity contribution < 1.29 is 4.92 Å². The van der Waals surface area contributed by atoms with E-state index in [1.807, 2.05) is 96.5 Å². The van der Waals surface area contributed by atoms with Crippen LogP contribution in [0.25, 0.3) is 5.69 Å². The second kappa shape index (κ2) is 9.83. The van der Waals surface area contributed by atoms with E-state index in [2.05, 4.69) is 26.1 Å². The van der Waals surface area contributed by atoms with Crippen molar-refractivity contribution in [2.24, 2.45) is 9.98 Å². The number of aryl methyl sites for hydroxylation is 1. The van der Waals surface area contributed by atoms with E-state index in [9.17, 15) is 10.1 Å². The lowest BCUT2D eigenvalue weighted by molar-refractivity contribution is -0.384. The summed E-state index contributed by atoms with van der Waals surface area (Å²) in [6.07, 6.45) is 0. The van der Waals surface area contributed by atoms with Gasteiger partial charge in [0.15, 0.2) is 17.5 Å². The van der Waals surface area contributed by atoms with Crippen LogP contribution in [-0.2, 0) is 0 Å². The first-order valence-electron chi connectivity index (χ1n) is 13.0. The van der Waals surface area contributed by atoms with Crippen LogP contribution in [0.2, 0.25) is 0 Å². The molecule has 10 heteroatoms. The number of hydrogen-bond donors (Lipinski definition) is 1. The van der Waals surface area contributed by atoms with Crippen molar-refractivity contribution in [3.05, 3.63) is 135 Å². The molecule has 41 heavy (non-hydrogen) atoms. The average molecular weight is 604 g/mol. The van der Waals surface area contributed by atoms with E-state index >= 15 is 0 Å². The number of fused-ring (bicyclic) bond motifs is 4. The molecule has 0 aliphatic carbocycles. The smallest absolute Gasteiger partial charge is 0.269 e. The van der Waals surface area contributed by atoms with Crippen LogP contribution in [-0.4, -0.2) is 26.4 Å². The van der Waals surface area contributed by atoms with Crippen LogP contribution in [0.15, 0.2) is 118 Å². The minimum Gasteiger partial charge on any atom is -0.337 e. The molecule has 3 heterocycles. The molecule has 0 spiro atoms. The Hall–Kier alpha value is -5.09. The second-order valence-electron chi connectivity index (χ2n) is 9.71. The number of amidine groups is 2. The molecule has 0 saturated heterocycles. The maximum absolute atomic E-state index is 11.8. The first-order valence-corrected chi connectivity index (χ1v) is 13.7. The first-order chi connectivity index (χ1) is 20.0. The van der Waals surface area contributed by atoms with Crippen molar-refractivity contribution in [1.82, 2.24) is 9.78 Å². The molecule has 4 aromatic carbocycles. The Morgan fingerprint density at radius 1 is 0.902 bits per heavy atom. The predicted molar refractivity (Wildman–Crippen MR) is 164 cm³/mol. The molecule has 1 atom stereocenters. The largest absolute Gasteiger partial charge is 0.337 e. The first kappa shape index (κ1) is 24.9. The number of halogens is 1. The number of para-hydroxylation sites is 3. The minimum absolute atomic E-state index is 0.0217. The summed E-state index contributed by atoms with van der Waals surface area (Å²) in [7, 11) is 0. The molecule has 0 bridgehead atoms. The van der Waals surface area contributed by atoms with Gasteiger partial charge in [0.25, 0.3) is 5.69 Å². The number of nitro groups is 1. The highest BCUT2D eigenvalue weighted by Gasteiger charge is 2.41. The number of nitro benzene ring substituents is 1. The van der Waals surface area contributed by atoms with E-state index in [0.717, 1.165) is 44.0 Å². The highest BCUT2D eigenvalue weighted by molar-refractivity contribution is 9.10. The second-order valence-corrected chi connectivity index (χ2v) is 10.6. The quantitative estimate of drug-likeness (QED) is 0.168. The van der Waals surface area contributed by atoms with Crippen molar-refractivity contribution in [3.8, 4) is 5.69 Å². The summed E-state index contributed by atoms with van der Waals surface area (Å²) in [6, 6.07) is 31.8. The molecule has 5 aromatic rings. The lowest BCUT2D eigenvalue weighted by Gasteiger charge is -2.40. The number of hydrogen-bond acceptors (Lipinski definition) is 7. The topological polar surface area (TPSA) is 101 Å². The SMILES string of the molecule is Cc1nn(-c2ccccc2)c2c1[C@@H](c1cccc([N+](=O)[O-])c1)N1C(=N2)C(Nc2ccc(Br)cc2)=Nc2ccccc21. The third-order valence-electron chi connectivity index (χ3n) is 7.14. The maximum Gasteiger partial charge on any atom is 0.269 e. The molecule has 2 aliphatic heterocycles. The summed E-state index contributed by atoms with van der Waals surface area (Å²) in [4.78, 5) is 23.7. The summed E-state index contributed by atoms with van der Waals surface area (Å²) in [6.45, 7) is 1.95. The molecule has 0 unspecified atom stereocenters. The van der Waals surface area contributed by atoms with Gasteiger partial charge in [-0.3, -0.25) is 10.1 Å². The van der Waals surface area contributed by atoms with E-state index in [0.29, 0.717) is 17.5 Å². The third kappa shape index (κ3) is 4.29. The lowest BCUT2D eigenvalue weighted by Crippen LogP contribution is -2.46. The number of aromatic nitrogens is 2. The molecule has 1 N–H and O–H groups in total. The molecule has 200 valence electrons. The zero-order valence-electron chi connectivity index (χ0n) is 21.8. The van der Waals surface area contributed by atoms with Gasteiger partial charge >= 0.3 is 0 Å². The number of anilines is 2. The van der Waals surface area contributed by atoms with Gasteiger partial charge in [-0.1, -0.05) is 58.4 Å². The van der Waals surface area contributed by atoms with Gasteiger partial charge in [-0.05, 0) is 61.0 Å². The van der Waals surface area contributed by atoms with Crippen LogP contribution in [0.4, 0.5) is 28.6 Å². The summed E-state index contributed by atoms with van der Waals surface area (Å²) < 4.78 is 2.80. The summed E-state index contributed by atoms with van der Waals surface area (Å²) in [5.74, 6) is 1.81. The Bertz CT molecular complexity index is 1880. The minimum atomic E-state index is -0.451. The van der Waals surface area contributed by atoms with Crippen LogP contribution >= 0.6 is 15.9 Å². The van der Waals surface area contributed by atoms with Crippen LogP contribution in [0.5, 0.6) is 0 Å². The molecular weight excluding hydrogens is 582 g/mol. The molecule has 0 radical (unpaired) electrons. The Morgan fingerprint density at radius 2 is 1.66 bits per heavy atom. The van der Waals surface area contributed by atoms with Crippen molar-refractivity contribution >= 4 is 56.2 Å². The standard InChI is InChI=1S/C31H22BrN7O2/c1-19-27-28(20-8-7-11-24(18-20)39(40)41)37-26-13-6-5-12-25(26)34-29(33-22-16-14-21(32)15-17-22)31(37)35-30(27)38(36-19)23-9-3-2-4-10-23/h2-18,28H,1H3,(H,33,34)/t28-/m1/s1. The van der Waals surface area contributed by atoms with Gasteiger partial charge in [-0.2, -0.15) is 5.10 Å². The van der Waals surface area contributed by atoms with E-state index < -0.39 is 6.04 Å². The Morgan fingerprint density at radius 3 is 2.44 bits per heavy atom. The predicted octanol–water partition coefficient (Wildman–Crippen LogP) is 7.65. The van der Waals surface area contributed by atoms with Crippen molar-refractivity contribution in [2.45, 2.75) is 13.0 Å². The molecular formula is C31H22BrN7O2. The Labute approximate surface area is 243 Å². The van der Waals surface area contributed by atoms with Gasteiger partial charge in [0, 0.05) is 27.9 Å². The van der Waals surface area contributed by atoms with Gasteiger partial charge in [0.2, 0.25) is 0 Å². The number of rotatable bonds is 4. The number of nitrogens with zero attached hydrogens (tertiary/aromatic N) is 6. The normalized spacial score (nSPS) is 15.3. The van der Waals surface area contributed by atoms with Gasteiger partial charge < -0.3 is 10.2 Å². The number of nitrogens with one attached hydrogen (secondary N) is 1. The van der Waals surface area contributed by atoms with Gasteiger partial charge in [-0.25, -0.2) is 14.7 Å². The van der Waals surface area contributed by atoms with Gasteiger partial charge in [-0.15, -0.1) is 0 Å². The van der Waals surface area contributed by atoms with Gasteiger partial charge in [0.1, 0.15) is 0 Å². The molecule has 0 amide bonds. The van der Waals surface area contributed by atoms with Crippen LogP contribution < -0.4 is 10.2 Å². The maximum atomic E-state index is 11.8. The van der Waals surface area contributed by atoms with E-state index in [1.165, 1.54) is 6.07 Å². The fourth-order valence-corrected chi connectivity index (χ4v) is 5.61. The fraction of sp³-hybridized carbons (Fsp3) is 0.0645. The Balaban J connectivity index is 1.50. The number of non-ortho nitro benzene ring substituents is 1. The third-order valence-corrected chi connectivity index (χ3v) is 7.67. The van der Waals surface area contributed by atoms with Crippen molar-refractivity contribution in [1.29, 1.82) is 0 Å². The molecule has 0 fully saturated rings. The number of aliphatic imine (C=N–C) groups is 2. The Kier molecular flexibility index (Phi) is 5.97.